The Morgan fingerprint density at radius 2 is 2.10 bits per heavy atom. The number of aryl methyl sites for hydroxylation is 2. The van der Waals surface area contributed by atoms with E-state index < -0.39 is 9.84 Å². The number of aromatic nitrogens is 2. The molecule has 0 radical (unpaired) electrons. The number of sulfone groups is 1. The predicted molar refractivity (Wildman–Crippen MR) is 77.7 cm³/mol. The largest absolute Gasteiger partial charge is 0.361 e. The monoisotopic (exact) mass is 314 g/mol. The fourth-order valence-electron chi connectivity index (χ4n) is 1.83. The van der Waals surface area contributed by atoms with Gasteiger partial charge in [0.1, 0.15) is 5.76 Å². The Kier molecular flexibility index (Phi) is 4.29. The maximum Gasteiger partial charge on any atom is 0.209 e. The van der Waals surface area contributed by atoms with Crippen molar-refractivity contribution in [3.05, 3.63) is 28.1 Å². The Morgan fingerprint density at radius 3 is 2.65 bits per heavy atom. The second-order valence-corrected chi connectivity index (χ2v) is 8.00. The van der Waals surface area contributed by atoms with Gasteiger partial charge in [0.2, 0.25) is 14.2 Å². The van der Waals surface area contributed by atoms with E-state index >= 15 is 0 Å². The van der Waals surface area contributed by atoms with Crippen LogP contribution in [0.15, 0.2) is 14.2 Å². The van der Waals surface area contributed by atoms with E-state index in [1.54, 1.807) is 12.3 Å². The molecule has 2 heterocycles. The normalized spacial score (nSPS) is 12.2. The Morgan fingerprint density at radius 1 is 1.40 bits per heavy atom. The quantitative estimate of drug-likeness (QED) is 0.848. The van der Waals surface area contributed by atoms with Crippen molar-refractivity contribution in [3.63, 3.8) is 0 Å². The third-order valence-electron chi connectivity index (χ3n) is 3.08. The summed E-state index contributed by atoms with van der Waals surface area (Å²) in [6.45, 7) is 7.65. The molecule has 0 N–H and O–H groups in total. The lowest BCUT2D eigenvalue weighted by Crippen LogP contribution is -2.07. The molecule has 2 rings (SSSR count). The molecule has 0 saturated carbocycles. The average molecular weight is 314 g/mol. The van der Waals surface area contributed by atoms with Gasteiger partial charge in [-0.05, 0) is 12.8 Å². The number of rotatable bonds is 5. The summed E-state index contributed by atoms with van der Waals surface area (Å²) in [4.78, 5) is 4.23. The summed E-state index contributed by atoms with van der Waals surface area (Å²) < 4.78 is 30.2. The topological polar surface area (TPSA) is 73.1 Å². The van der Waals surface area contributed by atoms with Crippen molar-refractivity contribution in [3.8, 4) is 0 Å². The summed E-state index contributed by atoms with van der Waals surface area (Å²) in [6, 6.07) is 0. The standard InChI is InChI=1S/C13H18N2O3S2/c1-5-12-10(9(4)15-18-12)7-20(16,17)13-14-11(6-19-13)8(2)3/h6,8H,5,7H2,1-4H3. The second-order valence-electron chi connectivity index (χ2n) is 4.98. The molecule has 0 aromatic carbocycles. The van der Waals surface area contributed by atoms with E-state index in [9.17, 15) is 8.42 Å². The molecular weight excluding hydrogens is 296 g/mol. The van der Waals surface area contributed by atoms with Crippen LogP contribution in [0.25, 0.3) is 0 Å². The van der Waals surface area contributed by atoms with Gasteiger partial charge in [-0.15, -0.1) is 11.3 Å². The van der Waals surface area contributed by atoms with Crippen LogP contribution in [0.3, 0.4) is 0 Å². The fraction of sp³-hybridized carbons (Fsp3) is 0.538. The minimum absolute atomic E-state index is 0.101. The van der Waals surface area contributed by atoms with Crippen LogP contribution in [0.1, 0.15) is 49.4 Å². The third kappa shape index (κ3) is 2.93. The lowest BCUT2D eigenvalue weighted by atomic mass is 10.2. The van der Waals surface area contributed by atoms with Gasteiger partial charge in [0.25, 0.3) is 0 Å². The van der Waals surface area contributed by atoms with Crippen molar-refractivity contribution in [2.75, 3.05) is 0 Å². The third-order valence-corrected chi connectivity index (χ3v) is 6.07. The Balaban J connectivity index is 2.33. The molecule has 0 unspecified atom stereocenters. The Bertz CT molecular complexity index is 699. The number of hydrogen-bond donors (Lipinski definition) is 0. The SMILES string of the molecule is CCc1onc(C)c1CS(=O)(=O)c1nc(C(C)C)cs1. The first kappa shape index (κ1) is 15.2. The van der Waals surface area contributed by atoms with Gasteiger partial charge in [0.15, 0.2) is 0 Å². The summed E-state index contributed by atoms with van der Waals surface area (Å²) in [5.41, 5.74) is 2.10. The zero-order chi connectivity index (χ0) is 14.9. The highest BCUT2D eigenvalue weighted by Crippen LogP contribution is 2.26. The van der Waals surface area contributed by atoms with Crippen molar-refractivity contribution in [2.45, 2.75) is 50.1 Å². The van der Waals surface area contributed by atoms with E-state index in [0.717, 1.165) is 5.69 Å². The van der Waals surface area contributed by atoms with Crippen LogP contribution >= 0.6 is 11.3 Å². The van der Waals surface area contributed by atoms with Crippen LogP contribution in [0.2, 0.25) is 0 Å². The molecule has 0 fully saturated rings. The molecule has 0 atom stereocenters. The van der Waals surface area contributed by atoms with Crippen LogP contribution in [-0.2, 0) is 22.0 Å². The van der Waals surface area contributed by atoms with Gasteiger partial charge < -0.3 is 4.52 Å². The molecule has 2 aromatic rings. The minimum Gasteiger partial charge on any atom is -0.361 e. The first-order chi connectivity index (χ1) is 9.35. The molecule has 5 nitrogen and oxygen atoms in total. The molecule has 110 valence electrons. The number of hydrogen-bond acceptors (Lipinski definition) is 6. The van der Waals surface area contributed by atoms with Gasteiger partial charge >= 0.3 is 0 Å². The zero-order valence-electron chi connectivity index (χ0n) is 12.0. The summed E-state index contributed by atoms with van der Waals surface area (Å²) in [6.07, 6.45) is 0.626. The van der Waals surface area contributed by atoms with Crippen molar-refractivity contribution < 1.29 is 12.9 Å². The highest BCUT2D eigenvalue weighted by atomic mass is 32.2. The van der Waals surface area contributed by atoms with E-state index in [1.165, 1.54) is 11.3 Å². The van der Waals surface area contributed by atoms with Gasteiger partial charge in [-0.3, -0.25) is 0 Å². The smallest absolute Gasteiger partial charge is 0.209 e. The van der Waals surface area contributed by atoms with Gasteiger partial charge in [0.05, 0.1) is 17.1 Å². The maximum atomic E-state index is 12.4. The van der Waals surface area contributed by atoms with E-state index in [-0.39, 0.29) is 16.0 Å². The molecule has 0 aliphatic heterocycles. The predicted octanol–water partition coefficient (Wildman–Crippen LogP) is 3.10. The van der Waals surface area contributed by atoms with E-state index in [1.807, 2.05) is 20.8 Å². The minimum atomic E-state index is -3.44. The van der Waals surface area contributed by atoms with Crippen LogP contribution in [0, 0.1) is 6.92 Å². The van der Waals surface area contributed by atoms with Gasteiger partial charge in [-0.2, -0.15) is 0 Å². The van der Waals surface area contributed by atoms with Crippen molar-refractivity contribution in [1.29, 1.82) is 0 Å². The zero-order valence-corrected chi connectivity index (χ0v) is 13.6. The lowest BCUT2D eigenvalue weighted by molar-refractivity contribution is 0.382. The maximum absolute atomic E-state index is 12.4. The Hall–Kier alpha value is -1.21. The average Bonchev–Trinajstić information content (AvgIpc) is 2.98. The number of thiazole rings is 1. The molecule has 0 spiro atoms. The Labute approximate surface area is 122 Å². The molecule has 0 amide bonds. The first-order valence-corrected chi connectivity index (χ1v) is 9.00. The highest BCUT2D eigenvalue weighted by Gasteiger charge is 2.24. The van der Waals surface area contributed by atoms with Crippen molar-refractivity contribution in [1.82, 2.24) is 10.1 Å². The summed E-state index contributed by atoms with van der Waals surface area (Å²) in [5, 5.41) is 5.65. The lowest BCUT2D eigenvalue weighted by Gasteiger charge is -2.02. The molecule has 0 aliphatic carbocycles. The molecular formula is C13H18N2O3S2. The van der Waals surface area contributed by atoms with Crippen LogP contribution in [0.4, 0.5) is 0 Å². The van der Waals surface area contributed by atoms with E-state index in [0.29, 0.717) is 23.4 Å². The van der Waals surface area contributed by atoms with Gasteiger partial charge in [-0.25, -0.2) is 13.4 Å². The van der Waals surface area contributed by atoms with Gasteiger partial charge in [0, 0.05) is 17.4 Å². The highest BCUT2D eigenvalue weighted by molar-refractivity contribution is 7.92. The molecule has 20 heavy (non-hydrogen) atoms. The summed E-state index contributed by atoms with van der Waals surface area (Å²) in [7, 11) is -3.44. The van der Waals surface area contributed by atoms with Gasteiger partial charge in [-0.1, -0.05) is 25.9 Å². The molecule has 0 bridgehead atoms. The molecule has 0 aliphatic rings. The van der Waals surface area contributed by atoms with Crippen LogP contribution in [-0.4, -0.2) is 18.6 Å². The van der Waals surface area contributed by atoms with E-state index in [4.69, 9.17) is 4.52 Å². The molecule has 2 aromatic heterocycles. The fourth-order valence-corrected chi connectivity index (χ4v) is 4.56. The molecule has 0 saturated heterocycles. The summed E-state index contributed by atoms with van der Waals surface area (Å²) in [5.74, 6) is 0.752. The second kappa shape index (κ2) is 5.65. The van der Waals surface area contributed by atoms with Crippen LogP contribution in [0.5, 0.6) is 0 Å². The van der Waals surface area contributed by atoms with E-state index in [2.05, 4.69) is 10.1 Å². The van der Waals surface area contributed by atoms with Crippen LogP contribution < -0.4 is 0 Å². The summed E-state index contributed by atoms with van der Waals surface area (Å²) >= 11 is 1.18. The van der Waals surface area contributed by atoms with Crippen molar-refractivity contribution >= 4 is 21.2 Å². The first-order valence-electron chi connectivity index (χ1n) is 6.47. The van der Waals surface area contributed by atoms with Crippen molar-refractivity contribution in [2.24, 2.45) is 0 Å². The molecule has 7 heteroatoms. The number of nitrogens with zero attached hydrogens (tertiary/aromatic N) is 2.